The quantitative estimate of drug-likeness (QED) is 0.586. The molecule has 0 fully saturated rings. The molecule has 0 spiro atoms. The van der Waals surface area contributed by atoms with Crippen molar-refractivity contribution in [1.29, 1.82) is 0 Å². The second-order valence-electron chi connectivity index (χ2n) is 5.92. The lowest BCUT2D eigenvalue weighted by atomic mass is 9.87. The second-order valence-corrected chi connectivity index (χ2v) is 5.92. The molecule has 1 rings (SSSR count). The Balaban J connectivity index is 2.62. The summed E-state index contributed by atoms with van der Waals surface area (Å²) in [6.07, 6.45) is 5.84. The molecule has 1 unspecified atom stereocenters. The minimum Gasteiger partial charge on any atom is -0.0815 e. The molecule has 0 radical (unpaired) electrons. The van der Waals surface area contributed by atoms with Crippen molar-refractivity contribution in [1.82, 2.24) is 0 Å². The van der Waals surface area contributed by atoms with Crippen molar-refractivity contribution in [2.24, 2.45) is 11.8 Å². The van der Waals surface area contributed by atoms with E-state index in [1.807, 2.05) is 0 Å². The smallest absolute Gasteiger partial charge is 0.00950 e. The average molecular weight is 244 g/mol. The zero-order valence-corrected chi connectivity index (χ0v) is 12.7. The fourth-order valence-corrected chi connectivity index (χ4v) is 2.29. The zero-order chi connectivity index (χ0) is 13.5. The minimum absolute atomic E-state index is 0.778. The summed E-state index contributed by atoms with van der Waals surface area (Å²) in [5, 5.41) is 0. The highest BCUT2D eigenvalue weighted by Crippen LogP contribution is 2.20. The first-order valence-corrected chi connectivity index (χ1v) is 7.24. The Morgan fingerprint density at radius 1 is 1.06 bits per heavy atom. The zero-order valence-electron chi connectivity index (χ0n) is 12.7. The van der Waals surface area contributed by atoms with E-state index in [2.05, 4.69) is 65.0 Å². The van der Waals surface area contributed by atoms with Gasteiger partial charge in [-0.25, -0.2) is 0 Å². The lowest BCUT2D eigenvalue weighted by Gasteiger charge is -2.19. The van der Waals surface area contributed by atoms with Crippen LogP contribution in [0.4, 0.5) is 0 Å². The normalized spacial score (nSPS) is 12.6. The summed E-state index contributed by atoms with van der Waals surface area (Å²) in [6.45, 7) is 11.3. The number of rotatable bonds is 6. The van der Waals surface area contributed by atoms with E-state index in [4.69, 9.17) is 0 Å². The molecule has 0 aliphatic heterocycles. The van der Waals surface area contributed by atoms with Crippen molar-refractivity contribution < 1.29 is 0 Å². The molecule has 0 aliphatic carbocycles. The van der Waals surface area contributed by atoms with E-state index >= 15 is 0 Å². The van der Waals surface area contributed by atoms with Gasteiger partial charge < -0.3 is 0 Å². The summed E-state index contributed by atoms with van der Waals surface area (Å²) in [5.74, 6) is 1.59. The third-order valence-electron chi connectivity index (χ3n) is 3.73. The van der Waals surface area contributed by atoms with Crippen LogP contribution in [-0.4, -0.2) is 0 Å². The van der Waals surface area contributed by atoms with Crippen molar-refractivity contribution in [2.75, 3.05) is 0 Å². The van der Waals surface area contributed by atoms with Crippen LogP contribution in [-0.2, 0) is 12.8 Å². The molecule has 0 nitrogen and oxygen atoms in total. The molecule has 0 amide bonds. The van der Waals surface area contributed by atoms with Crippen molar-refractivity contribution in [3.8, 4) is 0 Å². The molecule has 0 N–H and O–H groups in total. The Bertz CT molecular complexity index is 364. The third-order valence-corrected chi connectivity index (χ3v) is 3.73. The molecule has 0 heteroatoms. The van der Waals surface area contributed by atoms with Gasteiger partial charge in [0.05, 0.1) is 0 Å². The molecule has 0 bridgehead atoms. The van der Waals surface area contributed by atoms with Gasteiger partial charge in [0, 0.05) is 0 Å². The molecular weight excluding hydrogens is 216 g/mol. The summed E-state index contributed by atoms with van der Waals surface area (Å²) in [5.41, 5.74) is 4.29. The van der Waals surface area contributed by atoms with E-state index in [0.717, 1.165) is 18.3 Å². The summed E-state index contributed by atoms with van der Waals surface area (Å²) in [6, 6.07) is 9.17. The minimum atomic E-state index is 0.778. The Kier molecular flexibility index (Phi) is 6.18. The monoisotopic (exact) mass is 244 g/mol. The fraction of sp³-hybridized carbons (Fsp3) is 0.556. The number of allylic oxidation sites excluding steroid dienone is 2. The van der Waals surface area contributed by atoms with Crippen LogP contribution in [0.15, 0.2) is 35.9 Å². The lowest BCUT2D eigenvalue weighted by molar-refractivity contribution is 0.371. The molecule has 0 saturated heterocycles. The highest BCUT2D eigenvalue weighted by atomic mass is 14.2. The van der Waals surface area contributed by atoms with Gasteiger partial charge in [-0.2, -0.15) is 0 Å². The number of hydrogen-bond donors (Lipinski definition) is 0. The van der Waals surface area contributed by atoms with Crippen LogP contribution in [0.3, 0.4) is 0 Å². The number of benzene rings is 1. The summed E-state index contributed by atoms with van der Waals surface area (Å²) in [7, 11) is 0. The highest BCUT2D eigenvalue weighted by molar-refractivity contribution is 5.25. The average Bonchev–Trinajstić information content (AvgIpc) is 2.34. The number of hydrogen-bond acceptors (Lipinski definition) is 0. The fourth-order valence-electron chi connectivity index (χ4n) is 2.29. The topological polar surface area (TPSA) is 0 Å². The molecule has 18 heavy (non-hydrogen) atoms. The summed E-state index contributed by atoms with van der Waals surface area (Å²) in [4.78, 5) is 0. The van der Waals surface area contributed by atoms with E-state index in [1.54, 1.807) is 0 Å². The summed E-state index contributed by atoms with van der Waals surface area (Å²) >= 11 is 0. The standard InChI is InChI=1S/C18H28/c1-6-18(15(4)5)13-17-11-9-16(10-12-17)8-7-14(2)3/h7,9-12,15,18H,6,8,13H2,1-5H3. The largest absolute Gasteiger partial charge is 0.0815 e. The van der Waals surface area contributed by atoms with Crippen molar-refractivity contribution >= 4 is 0 Å². The van der Waals surface area contributed by atoms with Gasteiger partial charge in [-0.15, -0.1) is 0 Å². The first-order chi connectivity index (χ1) is 8.52. The van der Waals surface area contributed by atoms with E-state index in [-0.39, 0.29) is 0 Å². The van der Waals surface area contributed by atoms with Gasteiger partial charge in [-0.1, -0.05) is 63.1 Å². The van der Waals surface area contributed by atoms with E-state index in [0.29, 0.717) is 0 Å². The Hall–Kier alpha value is -1.04. The van der Waals surface area contributed by atoms with Gasteiger partial charge in [0.2, 0.25) is 0 Å². The third kappa shape index (κ3) is 5.08. The van der Waals surface area contributed by atoms with Crippen molar-refractivity contribution in [3.05, 3.63) is 47.0 Å². The lowest BCUT2D eigenvalue weighted by Crippen LogP contribution is -2.10. The van der Waals surface area contributed by atoms with Gasteiger partial charge in [-0.05, 0) is 49.7 Å². The van der Waals surface area contributed by atoms with E-state index in [9.17, 15) is 0 Å². The Labute approximate surface area is 113 Å². The van der Waals surface area contributed by atoms with Crippen molar-refractivity contribution in [2.45, 2.75) is 53.9 Å². The van der Waals surface area contributed by atoms with Crippen LogP contribution in [0.25, 0.3) is 0 Å². The molecule has 0 heterocycles. The Morgan fingerprint density at radius 2 is 1.61 bits per heavy atom. The Morgan fingerprint density at radius 3 is 2.06 bits per heavy atom. The molecule has 0 aliphatic rings. The van der Waals surface area contributed by atoms with Gasteiger partial charge in [0.1, 0.15) is 0 Å². The SMILES string of the molecule is CCC(Cc1ccc(CC=C(C)C)cc1)C(C)C. The van der Waals surface area contributed by atoms with Crippen LogP contribution in [0.1, 0.15) is 52.2 Å². The van der Waals surface area contributed by atoms with Crippen LogP contribution in [0.5, 0.6) is 0 Å². The molecule has 1 aromatic carbocycles. The van der Waals surface area contributed by atoms with E-state index in [1.165, 1.54) is 29.5 Å². The molecule has 1 aromatic rings. The summed E-state index contributed by atoms with van der Waals surface area (Å²) < 4.78 is 0. The maximum atomic E-state index is 2.33. The van der Waals surface area contributed by atoms with Gasteiger partial charge >= 0.3 is 0 Å². The predicted octanol–water partition coefficient (Wildman–Crippen LogP) is 5.42. The first kappa shape index (κ1) is 15.0. The van der Waals surface area contributed by atoms with Gasteiger partial charge in [-0.3, -0.25) is 0 Å². The van der Waals surface area contributed by atoms with Crippen LogP contribution in [0, 0.1) is 11.8 Å². The molecule has 100 valence electrons. The van der Waals surface area contributed by atoms with Gasteiger partial charge in [0.25, 0.3) is 0 Å². The van der Waals surface area contributed by atoms with Crippen molar-refractivity contribution in [3.63, 3.8) is 0 Å². The predicted molar refractivity (Wildman–Crippen MR) is 81.9 cm³/mol. The molecule has 0 aromatic heterocycles. The van der Waals surface area contributed by atoms with Crippen LogP contribution >= 0.6 is 0 Å². The maximum absolute atomic E-state index is 2.33. The molecular formula is C18H28. The van der Waals surface area contributed by atoms with Crippen LogP contribution < -0.4 is 0 Å². The van der Waals surface area contributed by atoms with E-state index < -0.39 is 0 Å². The van der Waals surface area contributed by atoms with Crippen LogP contribution in [0.2, 0.25) is 0 Å². The maximum Gasteiger partial charge on any atom is -0.00950 e. The second kappa shape index (κ2) is 7.41. The molecule has 0 saturated carbocycles. The van der Waals surface area contributed by atoms with Gasteiger partial charge in [0.15, 0.2) is 0 Å². The highest BCUT2D eigenvalue weighted by Gasteiger charge is 2.11. The molecule has 1 atom stereocenters. The first-order valence-electron chi connectivity index (χ1n) is 7.24.